The van der Waals surface area contributed by atoms with Crippen molar-refractivity contribution >= 4 is 41.3 Å². The summed E-state index contributed by atoms with van der Waals surface area (Å²) in [5.41, 5.74) is 1.06. The Morgan fingerprint density at radius 1 is 1.19 bits per heavy atom. The van der Waals surface area contributed by atoms with E-state index in [9.17, 15) is 0 Å². The van der Waals surface area contributed by atoms with Crippen LogP contribution in [0.4, 0.5) is 0 Å². The zero-order chi connectivity index (χ0) is 18.8. The minimum atomic E-state index is 0. The molecule has 1 aromatic heterocycles. The zero-order valence-corrected chi connectivity index (χ0v) is 19.5. The number of nitrogens with one attached hydrogen (secondary N) is 2. The standard InChI is InChI=1S/C19H28N4O2S.HI/c1-5-15-12-21-18(26-15)13-23-19(20-6-2)22-11-14-8-9-16(24-4)17(10-14)25-7-3;/h8-10,12H,5-7,11,13H2,1-4H3,(H2,20,22,23);1H. The Morgan fingerprint density at radius 3 is 2.63 bits per heavy atom. The second-order valence-electron chi connectivity index (χ2n) is 5.54. The largest absolute Gasteiger partial charge is 0.493 e. The molecule has 0 aliphatic heterocycles. The normalized spacial score (nSPS) is 10.9. The zero-order valence-electron chi connectivity index (χ0n) is 16.4. The molecule has 0 atom stereocenters. The molecule has 8 heteroatoms. The van der Waals surface area contributed by atoms with Gasteiger partial charge in [0.2, 0.25) is 0 Å². The average molecular weight is 504 g/mol. The van der Waals surface area contributed by atoms with Crippen molar-refractivity contribution in [3.05, 3.63) is 39.8 Å². The fourth-order valence-corrected chi connectivity index (χ4v) is 3.15. The molecule has 0 aliphatic carbocycles. The molecule has 0 spiro atoms. The predicted molar refractivity (Wildman–Crippen MR) is 123 cm³/mol. The maximum absolute atomic E-state index is 5.63. The second-order valence-corrected chi connectivity index (χ2v) is 6.74. The maximum Gasteiger partial charge on any atom is 0.191 e. The topological polar surface area (TPSA) is 67.8 Å². The molecular formula is C19H29IN4O2S. The lowest BCUT2D eigenvalue weighted by molar-refractivity contribution is 0.310. The molecule has 6 nitrogen and oxygen atoms in total. The minimum Gasteiger partial charge on any atom is -0.493 e. The third-order valence-electron chi connectivity index (χ3n) is 3.65. The van der Waals surface area contributed by atoms with Gasteiger partial charge in [-0.25, -0.2) is 9.98 Å². The molecule has 0 unspecified atom stereocenters. The fourth-order valence-electron chi connectivity index (χ4n) is 2.35. The number of rotatable bonds is 9. The number of halogens is 1. The van der Waals surface area contributed by atoms with Gasteiger partial charge < -0.3 is 20.1 Å². The summed E-state index contributed by atoms with van der Waals surface area (Å²) in [5, 5.41) is 7.67. The number of thiazole rings is 1. The number of aliphatic imine (C=N–C) groups is 1. The van der Waals surface area contributed by atoms with E-state index in [1.165, 1.54) is 4.88 Å². The maximum atomic E-state index is 5.63. The van der Waals surface area contributed by atoms with E-state index in [1.807, 2.05) is 31.3 Å². The lowest BCUT2D eigenvalue weighted by atomic mass is 10.2. The molecule has 0 saturated carbocycles. The number of hydrogen-bond donors (Lipinski definition) is 2. The van der Waals surface area contributed by atoms with Crippen LogP contribution in [-0.2, 0) is 19.5 Å². The van der Waals surface area contributed by atoms with Gasteiger partial charge in [0.25, 0.3) is 0 Å². The van der Waals surface area contributed by atoms with Crippen LogP contribution in [0.5, 0.6) is 11.5 Å². The first-order valence-corrected chi connectivity index (χ1v) is 9.77. The van der Waals surface area contributed by atoms with Gasteiger partial charge in [0, 0.05) is 17.6 Å². The highest BCUT2D eigenvalue weighted by Gasteiger charge is 2.06. The molecule has 2 aromatic rings. The number of aryl methyl sites for hydroxylation is 1. The van der Waals surface area contributed by atoms with E-state index in [0.29, 0.717) is 19.7 Å². The number of benzene rings is 1. The van der Waals surface area contributed by atoms with Crippen LogP contribution in [0.25, 0.3) is 0 Å². The Hall–Kier alpha value is -1.55. The van der Waals surface area contributed by atoms with Crippen molar-refractivity contribution in [2.75, 3.05) is 20.3 Å². The van der Waals surface area contributed by atoms with Gasteiger partial charge in [0.15, 0.2) is 17.5 Å². The van der Waals surface area contributed by atoms with E-state index in [4.69, 9.17) is 9.47 Å². The Labute approximate surface area is 182 Å². The number of hydrogen-bond acceptors (Lipinski definition) is 5. The highest BCUT2D eigenvalue weighted by molar-refractivity contribution is 14.0. The lowest BCUT2D eigenvalue weighted by Crippen LogP contribution is -2.36. The second kappa shape index (κ2) is 12.8. The summed E-state index contributed by atoms with van der Waals surface area (Å²) in [6.45, 7) is 8.77. The number of methoxy groups -OCH3 is 1. The molecular weight excluding hydrogens is 475 g/mol. The van der Waals surface area contributed by atoms with E-state index in [0.717, 1.165) is 41.0 Å². The fraction of sp³-hybridized carbons (Fsp3) is 0.474. The van der Waals surface area contributed by atoms with E-state index in [2.05, 4.69) is 34.5 Å². The average Bonchev–Trinajstić information content (AvgIpc) is 3.12. The lowest BCUT2D eigenvalue weighted by Gasteiger charge is -2.12. The first-order valence-electron chi connectivity index (χ1n) is 8.95. The molecule has 27 heavy (non-hydrogen) atoms. The molecule has 2 N–H and O–H groups in total. The summed E-state index contributed by atoms with van der Waals surface area (Å²) in [6, 6.07) is 5.89. The molecule has 150 valence electrons. The Bertz CT molecular complexity index is 721. The summed E-state index contributed by atoms with van der Waals surface area (Å²) < 4.78 is 11.0. The predicted octanol–water partition coefficient (Wildman–Crippen LogP) is 3.99. The van der Waals surface area contributed by atoms with Gasteiger partial charge in [-0.1, -0.05) is 13.0 Å². The smallest absolute Gasteiger partial charge is 0.191 e. The first kappa shape index (κ1) is 23.5. The van der Waals surface area contributed by atoms with E-state index in [1.54, 1.807) is 18.4 Å². The Balaban J connectivity index is 0.00000364. The SMILES string of the molecule is CCNC(=NCc1ccc(OC)c(OCC)c1)NCc1ncc(CC)s1.I. The minimum absolute atomic E-state index is 0. The monoisotopic (exact) mass is 504 g/mol. The molecule has 0 bridgehead atoms. The van der Waals surface area contributed by atoms with Crippen LogP contribution in [0.3, 0.4) is 0 Å². The Morgan fingerprint density at radius 2 is 2.00 bits per heavy atom. The van der Waals surface area contributed by atoms with Crippen molar-refractivity contribution < 1.29 is 9.47 Å². The number of guanidine groups is 1. The van der Waals surface area contributed by atoms with Crippen LogP contribution in [-0.4, -0.2) is 31.2 Å². The van der Waals surface area contributed by atoms with Crippen LogP contribution >= 0.6 is 35.3 Å². The molecule has 0 amide bonds. The highest BCUT2D eigenvalue weighted by atomic mass is 127. The number of ether oxygens (including phenoxy) is 2. The summed E-state index contributed by atoms with van der Waals surface area (Å²) in [6.07, 6.45) is 2.96. The van der Waals surface area contributed by atoms with Gasteiger partial charge in [-0.05, 0) is 38.0 Å². The van der Waals surface area contributed by atoms with E-state index < -0.39 is 0 Å². The molecule has 0 aliphatic rings. The third kappa shape index (κ3) is 7.53. The van der Waals surface area contributed by atoms with Gasteiger partial charge in [0.1, 0.15) is 5.01 Å². The van der Waals surface area contributed by atoms with Gasteiger partial charge in [-0.2, -0.15) is 0 Å². The van der Waals surface area contributed by atoms with Gasteiger partial charge in [-0.3, -0.25) is 0 Å². The van der Waals surface area contributed by atoms with Crippen LogP contribution in [0.2, 0.25) is 0 Å². The van der Waals surface area contributed by atoms with Crippen molar-refractivity contribution in [3.8, 4) is 11.5 Å². The highest BCUT2D eigenvalue weighted by Crippen LogP contribution is 2.28. The number of nitrogens with zero attached hydrogens (tertiary/aromatic N) is 2. The van der Waals surface area contributed by atoms with Crippen molar-refractivity contribution in [3.63, 3.8) is 0 Å². The van der Waals surface area contributed by atoms with Crippen LogP contribution in [0, 0.1) is 0 Å². The summed E-state index contributed by atoms with van der Waals surface area (Å²) >= 11 is 1.73. The van der Waals surface area contributed by atoms with Crippen LogP contribution in [0.1, 0.15) is 36.2 Å². The molecule has 0 radical (unpaired) electrons. The summed E-state index contributed by atoms with van der Waals surface area (Å²) in [7, 11) is 1.64. The number of aromatic nitrogens is 1. The van der Waals surface area contributed by atoms with E-state index >= 15 is 0 Å². The molecule has 2 rings (SSSR count). The summed E-state index contributed by atoms with van der Waals surface area (Å²) in [5.74, 6) is 2.25. The first-order chi connectivity index (χ1) is 12.7. The van der Waals surface area contributed by atoms with Crippen molar-refractivity contribution in [1.29, 1.82) is 0 Å². The Kier molecular flexibility index (Phi) is 11.1. The molecule has 1 heterocycles. The van der Waals surface area contributed by atoms with Gasteiger partial charge >= 0.3 is 0 Å². The van der Waals surface area contributed by atoms with Gasteiger partial charge in [-0.15, -0.1) is 35.3 Å². The third-order valence-corrected chi connectivity index (χ3v) is 4.79. The summed E-state index contributed by atoms with van der Waals surface area (Å²) in [4.78, 5) is 10.4. The molecule has 1 aromatic carbocycles. The van der Waals surface area contributed by atoms with Gasteiger partial charge in [0.05, 0.1) is 26.8 Å². The van der Waals surface area contributed by atoms with Crippen molar-refractivity contribution in [2.24, 2.45) is 4.99 Å². The molecule has 0 fully saturated rings. The van der Waals surface area contributed by atoms with E-state index in [-0.39, 0.29) is 24.0 Å². The van der Waals surface area contributed by atoms with Crippen LogP contribution in [0.15, 0.2) is 29.4 Å². The van der Waals surface area contributed by atoms with Crippen molar-refractivity contribution in [2.45, 2.75) is 40.3 Å². The quantitative estimate of drug-likeness (QED) is 0.307. The van der Waals surface area contributed by atoms with Crippen molar-refractivity contribution in [1.82, 2.24) is 15.6 Å². The molecule has 0 saturated heterocycles. The van der Waals surface area contributed by atoms with Crippen LogP contribution < -0.4 is 20.1 Å².